The zero-order valence-corrected chi connectivity index (χ0v) is 16.5. The molecule has 0 aromatic rings. The summed E-state index contributed by atoms with van der Waals surface area (Å²) in [6.07, 6.45) is 0. The molecule has 0 fully saturated rings. The van der Waals surface area contributed by atoms with Crippen LogP contribution in [0.3, 0.4) is 0 Å². The maximum absolute atomic E-state index is 2.70. The number of hydrogen-bond acceptors (Lipinski definition) is 2. The highest BCUT2D eigenvalue weighted by molar-refractivity contribution is 6.39. The van der Waals surface area contributed by atoms with E-state index in [4.69, 9.17) is 0 Å². The van der Waals surface area contributed by atoms with Crippen molar-refractivity contribution in [3.63, 3.8) is 0 Å². The molecular formula is C16H38N2Si. The topological polar surface area (TPSA) is 6.48 Å². The van der Waals surface area contributed by atoms with Gasteiger partial charge in [0, 0.05) is 24.2 Å². The summed E-state index contributed by atoms with van der Waals surface area (Å²) in [4.78, 5) is 5.39. The van der Waals surface area contributed by atoms with Crippen LogP contribution in [-0.4, -0.2) is 54.8 Å². The summed E-state index contributed by atoms with van der Waals surface area (Å²) in [6.45, 7) is 23.5. The first-order chi connectivity index (χ1) is 8.59. The molecule has 0 N–H and O–H groups in total. The van der Waals surface area contributed by atoms with Gasteiger partial charge in [0.25, 0.3) is 0 Å². The van der Waals surface area contributed by atoms with Crippen molar-refractivity contribution < 1.29 is 0 Å². The van der Waals surface area contributed by atoms with Crippen LogP contribution >= 0.6 is 0 Å². The molecule has 0 aliphatic carbocycles. The molecule has 0 aromatic carbocycles. The summed E-state index contributed by atoms with van der Waals surface area (Å²) in [7, 11) is -0.154. The average molecular weight is 287 g/mol. The summed E-state index contributed by atoms with van der Waals surface area (Å²) in [5.74, 6) is 0. The third kappa shape index (κ3) is 5.97. The molecule has 0 saturated carbocycles. The van der Waals surface area contributed by atoms with Gasteiger partial charge in [-0.2, -0.15) is 0 Å². The fraction of sp³-hybridized carbons (Fsp3) is 1.00. The van der Waals surface area contributed by atoms with Gasteiger partial charge in [-0.15, -0.1) is 0 Å². The SMILES string of the molecule is CC(C)N(C(C)C)C(C)[SiH2]C(C)N(C(C)C)C(C)C. The minimum Gasteiger partial charge on any atom is -0.299 e. The standard InChI is InChI=1S/C16H38N2Si/c1-11(2)17(12(3)4)15(9)19-16(10)18(13(5)6)14(7)8/h11-16H,19H2,1-10H3. The Hall–Kier alpha value is 0.137. The highest BCUT2D eigenvalue weighted by Crippen LogP contribution is 2.15. The van der Waals surface area contributed by atoms with Crippen LogP contribution in [0.2, 0.25) is 0 Å². The smallest absolute Gasteiger partial charge is 0.0603 e. The molecule has 3 heteroatoms. The normalized spacial score (nSPS) is 17.1. The van der Waals surface area contributed by atoms with Crippen LogP contribution < -0.4 is 0 Å². The lowest BCUT2D eigenvalue weighted by Gasteiger charge is -2.41. The quantitative estimate of drug-likeness (QED) is 0.633. The van der Waals surface area contributed by atoms with Gasteiger partial charge >= 0.3 is 0 Å². The first kappa shape index (κ1) is 19.1. The molecule has 0 bridgehead atoms. The largest absolute Gasteiger partial charge is 0.299 e. The Morgan fingerprint density at radius 3 is 0.842 bits per heavy atom. The van der Waals surface area contributed by atoms with E-state index in [0.717, 1.165) is 11.3 Å². The number of hydrogen-bond donors (Lipinski definition) is 0. The van der Waals surface area contributed by atoms with Crippen molar-refractivity contribution in [2.45, 2.75) is 105 Å². The van der Waals surface area contributed by atoms with Gasteiger partial charge in [-0.3, -0.25) is 9.80 Å². The predicted molar refractivity (Wildman–Crippen MR) is 91.7 cm³/mol. The fourth-order valence-electron chi connectivity index (χ4n) is 3.97. The molecule has 2 nitrogen and oxygen atoms in total. The predicted octanol–water partition coefficient (Wildman–Crippen LogP) is 3.08. The zero-order chi connectivity index (χ0) is 15.3. The van der Waals surface area contributed by atoms with Crippen LogP contribution in [0.25, 0.3) is 0 Å². The van der Waals surface area contributed by atoms with Gasteiger partial charge in [0.15, 0.2) is 0 Å². The van der Waals surface area contributed by atoms with Crippen LogP contribution in [0, 0.1) is 0 Å². The summed E-state index contributed by atoms with van der Waals surface area (Å²) in [6, 6.07) is 2.62. The van der Waals surface area contributed by atoms with Crippen molar-refractivity contribution in [2.24, 2.45) is 0 Å². The van der Waals surface area contributed by atoms with Crippen molar-refractivity contribution in [1.82, 2.24) is 9.80 Å². The molecule has 0 aliphatic heterocycles. The second kappa shape index (κ2) is 8.43. The molecule has 2 atom stereocenters. The van der Waals surface area contributed by atoms with E-state index in [2.05, 4.69) is 79.0 Å². The van der Waals surface area contributed by atoms with E-state index >= 15 is 0 Å². The molecule has 0 rings (SSSR count). The maximum atomic E-state index is 2.70. The van der Waals surface area contributed by atoms with E-state index in [-0.39, 0.29) is 9.52 Å². The Morgan fingerprint density at radius 1 is 0.474 bits per heavy atom. The Kier molecular flexibility index (Phi) is 8.49. The Balaban J connectivity index is 4.72. The van der Waals surface area contributed by atoms with Gasteiger partial charge in [0.05, 0.1) is 9.52 Å². The summed E-state index contributed by atoms with van der Waals surface area (Å²) >= 11 is 0. The van der Waals surface area contributed by atoms with E-state index in [1.807, 2.05) is 0 Å². The Bertz CT molecular complexity index is 199. The molecule has 116 valence electrons. The van der Waals surface area contributed by atoms with Gasteiger partial charge in [-0.05, 0) is 66.7 Å². The molecule has 0 saturated heterocycles. The maximum Gasteiger partial charge on any atom is 0.0603 e. The van der Waals surface area contributed by atoms with Gasteiger partial charge in [-0.1, -0.05) is 13.8 Å². The lowest BCUT2D eigenvalue weighted by atomic mass is 10.2. The first-order valence-corrected chi connectivity index (χ1v) is 9.77. The van der Waals surface area contributed by atoms with Crippen molar-refractivity contribution in [3.05, 3.63) is 0 Å². The number of nitrogens with zero attached hydrogens (tertiary/aromatic N) is 2. The first-order valence-electron chi connectivity index (χ1n) is 8.14. The van der Waals surface area contributed by atoms with Gasteiger partial charge < -0.3 is 0 Å². The summed E-state index contributed by atoms with van der Waals surface area (Å²) in [5.41, 5.74) is 1.55. The summed E-state index contributed by atoms with van der Waals surface area (Å²) in [5, 5.41) is 0. The third-order valence-corrected chi connectivity index (χ3v) is 6.29. The van der Waals surface area contributed by atoms with Crippen LogP contribution in [-0.2, 0) is 0 Å². The van der Waals surface area contributed by atoms with Gasteiger partial charge in [-0.25, -0.2) is 0 Å². The Morgan fingerprint density at radius 2 is 0.684 bits per heavy atom. The minimum absolute atomic E-state index is 0.154. The molecule has 0 aromatic heterocycles. The molecular weight excluding hydrogens is 248 g/mol. The van der Waals surface area contributed by atoms with E-state index in [1.165, 1.54) is 0 Å². The molecule has 0 amide bonds. The van der Waals surface area contributed by atoms with Gasteiger partial charge in [0.1, 0.15) is 0 Å². The van der Waals surface area contributed by atoms with Crippen LogP contribution in [0.4, 0.5) is 0 Å². The van der Waals surface area contributed by atoms with Crippen LogP contribution in [0.5, 0.6) is 0 Å². The lowest BCUT2D eigenvalue weighted by Crippen LogP contribution is -2.54. The second-order valence-electron chi connectivity index (χ2n) is 7.20. The molecule has 0 spiro atoms. The Labute approximate surface area is 124 Å². The zero-order valence-electron chi connectivity index (χ0n) is 15.1. The second-order valence-corrected chi connectivity index (χ2v) is 10.0. The van der Waals surface area contributed by atoms with E-state index in [1.54, 1.807) is 0 Å². The van der Waals surface area contributed by atoms with Gasteiger partial charge in [0.2, 0.25) is 0 Å². The van der Waals surface area contributed by atoms with Crippen molar-refractivity contribution >= 4 is 9.52 Å². The van der Waals surface area contributed by atoms with Crippen molar-refractivity contribution in [3.8, 4) is 0 Å². The van der Waals surface area contributed by atoms with Crippen molar-refractivity contribution in [1.29, 1.82) is 0 Å². The van der Waals surface area contributed by atoms with E-state index in [9.17, 15) is 0 Å². The fourth-order valence-corrected chi connectivity index (χ4v) is 7.13. The van der Waals surface area contributed by atoms with Crippen molar-refractivity contribution in [2.75, 3.05) is 0 Å². The number of rotatable bonds is 8. The summed E-state index contributed by atoms with van der Waals surface area (Å²) < 4.78 is 0. The molecule has 19 heavy (non-hydrogen) atoms. The van der Waals surface area contributed by atoms with E-state index < -0.39 is 0 Å². The monoisotopic (exact) mass is 286 g/mol. The van der Waals surface area contributed by atoms with E-state index in [0.29, 0.717) is 24.2 Å². The van der Waals surface area contributed by atoms with Crippen LogP contribution in [0.1, 0.15) is 69.2 Å². The molecule has 0 radical (unpaired) electrons. The minimum atomic E-state index is -0.154. The highest BCUT2D eigenvalue weighted by atomic mass is 28.2. The third-order valence-electron chi connectivity index (χ3n) is 4.09. The highest BCUT2D eigenvalue weighted by Gasteiger charge is 2.26. The molecule has 2 unspecified atom stereocenters. The molecule has 0 aliphatic rings. The lowest BCUT2D eigenvalue weighted by molar-refractivity contribution is 0.142. The van der Waals surface area contributed by atoms with Crippen LogP contribution in [0.15, 0.2) is 0 Å². The molecule has 0 heterocycles. The average Bonchev–Trinajstić information content (AvgIpc) is 2.13.